The second-order valence-corrected chi connectivity index (χ2v) is 7.25. The highest BCUT2D eigenvalue weighted by Gasteiger charge is 2.26. The number of methoxy groups -OCH3 is 2. The van der Waals surface area contributed by atoms with E-state index >= 15 is 0 Å². The Balaban J connectivity index is 1.60. The molecule has 1 aliphatic carbocycles. The highest BCUT2D eigenvalue weighted by Crippen LogP contribution is 2.44. The molecule has 3 aromatic rings. The molecule has 1 N–H and O–H groups in total. The highest BCUT2D eigenvalue weighted by molar-refractivity contribution is 5.68. The molecule has 0 bridgehead atoms. The number of hydrogen-bond acceptors (Lipinski definition) is 7. The van der Waals surface area contributed by atoms with Gasteiger partial charge in [-0.05, 0) is 37.0 Å². The fourth-order valence-electron chi connectivity index (χ4n) is 3.60. The molecule has 2 heterocycles. The smallest absolute Gasteiger partial charge is 0.227 e. The van der Waals surface area contributed by atoms with Gasteiger partial charge in [0.15, 0.2) is 0 Å². The lowest BCUT2D eigenvalue weighted by Gasteiger charge is -2.28. The molecular formula is C22H24N6O2. The Kier molecular flexibility index (Phi) is 5.91. The number of aromatic nitrogens is 4. The number of anilines is 2. The highest BCUT2D eigenvalue weighted by atomic mass is 16.5. The molecule has 1 fully saturated rings. The van der Waals surface area contributed by atoms with Gasteiger partial charge in [-0.15, -0.1) is 0 Å². The predicted molar refractivity (Wildman–Crippen MR) is 113 cm³/mol. The molecule has 0 amide bonds. The molecule has 30 heavy (non-hydrogen) atoms. The number of nitrogens with one attached hydrogen (secondary N) is 1. The molecule has 0 radical (unpaired) electrons. The summed E-state index contributed by atoms with van der Waals surface area (Å²) in [6.45, 7) is 1.26. The van der Waals surface area contributed by atoms with Gasteiger partial charge in [-0.25, -0.2) is 9.97 Å². The SMILES string of the molecule is COCCn1cc(Nc2nccc(-c3cc(C#N)c(C4CCC4)c(OC)c3)n2)cn1. The van der Waals surface area contributed by atoms with E-state index in [1.807, 2.05) is 24.4 Å². The Hall–Kier alpha value is -3.44. The molecule has 0 saturated heterocycles. The Morgan fingerprint density at radius 3 is 2.87 bits per heavy atom. The van der Waals surface area contributed by atoms with Crippen molar-refractivity contribution < 1.29 is 9.47 Å². The van der Waals surface area contributed by atoms with Crippen molar-refractivity contribution in [2.75, 3.05) is 26.1 Å². The fraction of sp³-hybridized carbons (Fsp3) is 0.364. The van der Waals surface area contributed by atoms with Crippen molar-refractivity contribution in [2.45, 2.75) is 31.7 Å². The minimum atomic E-state index is 0.404. The van der Waals surface area contributed by atoms with Crippen LogP contribution in [-0.2, 0) is 11.3 Å². The normalized spacial score (nSPS) is 13.5. The minimum absolute atomic E-state index is 0.404. The first-order valence-corrected chi connectivity index (χ1v) is 9.95. The summed E-state index contributed by atoms with van der Waals surface area (Å²) in [4.78, 5) is 8.93. The van der Waals surface area contributed by atoms with Crippen molar-refractivity contribution in [3.63, 3.8) is 0 Å². The van der Waals surface area contributed by atoms with Gasteiger partial charge in [0, 0.05) is 30.6 Å². The summed E-state index contributed by atoms with van der Waals surface area (Å²) >= 11 is 0. The summed E-state index contributed by atoms with van der Waals surface area (Å²) in [5.41, 5.74) is 4.01. The summed E-state index contributed by atoms with van der Waals surface area (Å²) < 4.78 is 12.5. The Morgan fingerprint density at radius 1 is 1.30 bits per heavy atom. The fourth-order valence-corrected chi connectivity index (χ4v) is 3.60. The Bertz CT molecular complexity index is 1070. The molecular weight excluding hydrogens is 380 g/mol. The molecule has 4 rings (SSSR count). The van der Waals surface area contributed by atoms with Crippen molar-refractivity contribution in [1.82, 2.24) is 19.7 Å². The number of benzene rings is 1. The molecule has 1 aromatic carbocycles. The van der Waals surface area contributed by atoms with Crippen molar-refractivity contribution in [3.8, 4) is 23.1 Å². The Labute approximate surface area is 175 Å². The number of rotatable bonds is 8. The topological polar surface area (TPSA) is 97.9 Å². The van der Waals surface area contributed by atoms with E-state index in [4.69, 9.17) is 9.47 Å². The monoisotopic (exact) mass is 404 g/mol. The number of ether oxygens (including phenoxy) is 2. The molecule has 1 saturated carbocycles. The summed E-state index contributed by atoms with van der Waals surface area (Å²) in [7, 11) is 3.31. The number of hydrogen-bond donors (Lipinski definition) is 1. The van der Waals surface area contributed by atoms with Crippen LogP contribution >= 0.6 is 0 Å². The van der Waals surface area contributed by atoms with Gasteiger partial charge >= 0.3 is 0 Å². The first kappa shape index (κ1) is 19.9. The van der Waals surface area contributed by atoms with Crippen molar-refractivity contribution in [3.05, 3.63) is 47.9 Å². The second-order valence-electron chi connectivity index (χ2n) is 7.25. The molecule has 0 unspecified atom stereocenters. The van der Waals surface area contributed by atoms with E-state index in [0.717, 1.165) is 35.4 Å². The van der Waals surface area contributed by atoms with Gasteiger partial charge in [-0.1, -0.05) is 6.42 Å². The van der Waals surface area contributed by atoms with E-state index in [9.17, 15) is 5.26 Å². The van der Waals surface area contributed by atoms with Gasteiger partial charge in [0.2, 0.25) is 5.95 Å². The molecule has 154 valence electrons. The molecule has 0 spiro atoms. The van der Waals surface area contributed by atoms with Gasteiger partial charge in [-0.2, -0.15) is 10.4 Å². The summed E-state index contributed by atoms with van der Waals surface area (Å²) in [5.74, 6) is 1.61. The van der Waals surface area contributed by atoms with Gasteiger partial charge in [0.25, 0.3) is 0 Å². The quantitative estimate of drug-likeness (QED) is 0.608. The van der Waals surface area contributed by atoms with E-state index < -0.39 is 0 Å². The van der Waals surface area contributed by atoms with E-state index in [-0.39, 0.29) is 0 Å². The zero-order valence-corrected chi connectivity index (χ0v) is 17.1. The van der Waals surface area contributed by atoms with Crippen LogP contribution in [0.5, 0.6) is 5.75 Å². The van der Waals surface area contributed by atoms with Crippen LogP contribution < -0.4 is 10.1 Å². The Morgan fingerprint density at radius 2 is 2.17 bits per heavy atom. The van der Waals surface area contributed by atoms with Crippen molar-refractivity contribution in [1.29, 1.82) is 5.26 Å². The van der Waals surface area contributed by atoms with Crippen LogP contribution in [0, 0.1) is 11.3 Å². The molecule has 8 nitrogen and oxygen atoms in total. The lowest BCUT2D eigenvalue weighted by atomic mass is 9.77. The second kappa shape index (κ2) is 8.93. The van der Waals surface area contributed by atoms with Crippen LogP contribution in [0.4, 0.5) is 11.6 Å². The molecule has 2 aromatic heterocycles. The number of nitriles is 1. The van der Waals surface area contributed by atoms with E-state index in [0.29, 0.717) is 36.3 Å². The third kappa shape index (κ3) is 4.11. The molecule has 0 atom stereocenters. The average molecular weight is 404 g/mol. The van der Waals surface area contributed by atoms with Gasteiger partial charge in [0.05, 0.1) is 49.5 Å². The average Bonchev–Trinajstić information content (AvgIpc) is 3.18. The maximum absolute atomic E-state index is 9.72. The van der Waals surface area contributed by atoms with Gasteiger partial charge < -0.3 is 14.8 Å². The maximum atomic E-state index is 9.72. The first-order valence-electron chi connectivity index (χ1n) is 9.95. The van der Waals surface area contributed by atoms with Crippen LogP contribution in [0.1, 0.15) is 36.3 Å². The van der Waals surface area contributed by atoms with E-state index in [1.54, 1.807) is 31.3 Å². The zero-order chi connectivity index (χ0) is 20.9. The van der Waals surface area contributed by atoms with Gasteiger partial charge in [-0.3, -0.25) is 4.68 Å². The van der Waals surface area contributed by atoms with Crippen LogP contribution in [0.2, 0.25) is 0 Å². The summed E-state index contributed by atoms with van der Waals surface area (Å²) in [6, 6.07) is 8.02. The largest absolute Gasteiger partial charge is 0.496 e. The van der Waals surface area contributed by atoms with Crippen molar-refractivity contribution in [2.24, 2.45) is 0 Å². The zero-order valence-electron chi connectivity index (χ0n) is 17.1. The standard InChI is InChI=1S/C22H24N6O2/c1-29-9-8-28-14-18(13-25-28)26-22-24-7-6-19(27-22)16-10-17(12-23)21(15-4-3-5-15)20(11-16)30-2/h6-7,10-11,13-15H,3-5,8-9H2,1-2H3,(H,24,26,27). The molecule has 1 aliphatic rings. The van der Waals surface area contributed by atoms with E-state index in [2.05, 4.69) is 26.5 Å². The third-order valence-corrected chi connectivity index (χ3v) is 5.36. The predicted octanol–water partition coefficient (Wildman–Crippen LogP) is 3.88. The van der Waals surface area contributed by atoms with Crippen LogP contribution in [0.25, 0.3) is 11.3 Å². The van der Waals surface area contributed by atoms with Gasteiger partial charge in [0.1, 0.15) is 5.75 Å². The lowest BCUT2D eigenvalue weighted by Crippen LogP contribution is -2.12. The molecule has 0 aliphatic heterocycles. The third-order valence-electron chi connectivity index (χ3n) is 5.36. The maximum Gasteiger partial charge on any atom is 0.227 e. The van der Waals surface area contributed by atoms with Crippen molar-refractivity contribution >= 4 is 11.6 Å². The first-order chi connectivity index (χ1) is 14.7. The summed E-state index contributed by atoms with van der Waals surface area (Å²) in [5, 5.41) is 17.2. The minimum Gasteiger partial charge on any atom is -0.496 e. The van der Waals surface area contributed by atoms with Crippen LogP contribution in [0.15, 0.2) is 36.8 Å². The number of nitrogens with zero attached hydrogens (tertiary/aromatic N) is 5. The summed E-state index contributed by atoms with van der Waals surface area (Å²) in [6.07, 6.45) is 8.69. The molecule has 8 heteroatoms. The van der Waals surface area contributed by atoms with Crippen LogP contribution in [-0.4, -0.2) is 40.6 Å². The lowest BCUT2D eigenvalue weighted by molar-refractivity contribution is 0.183. The van der Waals surface area contributed by atoms with Crippen LogP contribution in [0.3, 0.4) is 0 Å². The van der Waals surface area contributed by atoms with E-state index in [1.165, 1.54) is 6.42 Å².